The summed E-state index contributed by atoms with van der Waals surface area (Å²) in [7, 11) is -4.06. The SMILES string of the molecule is O=S(=O)(c1ccc(F)cc1F)N1CCCC1CCc1noc(-c2ccncc2)n1. The van der Waals surface area contributed by atoms with Crippen LogP contribution in [-0.4, -0.2) is 40.4 Å². The van der Waals surface area contributed by atoms with Crippen LogP contribution >= 0.6 is 0 Å². The average molecular weight is 420 g/mol. The van der Waals surface area contributed by atoms with Crippen molar-refractivity contribution in [1.82, 2.24) is 19.4 Å². The molecule has 0 saturated carbocycles. The Kier molecular flexibility index (Phi) is 5.37. The van der Waals surface area contributed by atoms with Crippen LogP contribution in [0.5, 0.6) is 0 Å². The molecule has 1 aliphatic rings. The lowest BCUT2D eigenvalue weighted by molar-refractivity contribution is 0.362. The van der Waals surface area contributed by atoms with Crippen LogP contribution in [0.25, 0.3) is 11.5 Å². The Morgan fingerprint density at radius 2 is 1.97 bits per heavy atom. The molecule has 7 nitrogen and oxygen atoms in total. The van der Waals surface area contributed by atoms with Gasteiger partial charge in [0.1, 0.15) is 16.5 Å². The molecule has 29 heavy (non-hydrogen) atoms. The number of sulfonamides is 1. The highest BCUT2D eigenvalue weighted by Gasteiger charge is 2.36. The van der Waals surface area contributed by atoms with Crippen molar-refractivity contribution in [2.75, 3.05) is 6.54 Å². The summed E-state index contributed by atoms with van der Waals surface area (Å²) in [6.45, 7) is 0.290. The molecule has 1 saturated heterocycles. The van der Waals surface area contributed by atoms with Gasteiger partial charge in [0.25, 0.3) is 5.89 Å². The zero-order chi connectivity index (χ0) is 20.4. The van der Waals surface area contributed by atoms with Gasteiger partial charge in [0, 0.05) is 43.0 Å². The van der Waals surface area contributed by atoms with Crippen LogP contribution in [0.3, 0.4) is 0 Å². The van der Waals surface area contributed by atoms with E-state index in [-0.39, 0.29) is 6.04 Å². The van der Waals surface area contributed by atoms with E-state index in [9.17, 15) is 17.2 Å². The number of halogens is 2. The summed E-state index contributed by atoms with van der Waals surface area (Å²) in [5, 5.41) is 3.95. The second kappa shape index (κ2) is 7.96. The molecule has 3 aromatic rings. The summed E-state index contributed by atoms with van der Waals surface area (Å²) in [6, 6.07) is 5.68. The molecule has 0 spiro atoms. The van der Waals surface area contributed by atoms with E-state index in [2.05, 4.69) is 15.1 Å². The van der Waals surface area contributed by atoms with Gasteiger partial charge in [0.15, 0.2) is 5.82 Å². The van der Waals surface area contributed by atoms with Crippen LogP contribution in [0.4, 0.5) is 8.78 Å². The maximum Gasteiger partial charge on any atom is 0.258 e. The van der Waals surface area contributed by atoms with E-state index < -0.39 is 26.6 Å². The minimum atomic E-state index is -4.06. The van der Waals surface area contributed by atoms with Crippen molar-refractivity contribution < 1.29 is 21.7 Å². The van der Waals surface area contributed by atoms with Crippen LogP contribution in [-0.2, 0) is 16.4 Å². The van der Waals surface area contributed by atoms with E-state index in [1.165, 1.54) is 4.31 Å². The smallest absolute Gasteiger partial charge is 0.258 e. The summed E-state index contributed by atoms with van der Waals surface area (Å²) in [4.78, 5) is 7.76. The number of benzene rings is 1. The molecule has 1 aliphatic heterocycles. The number of pyridine rings is 1. The second-order valence-corrected chi connectivity index (χ2v) is 8.64. The van der Waals surface area contributed by atoms with Crippen LogP contribution in [0.15, 0.2) is 52.1 Å². The number of rotatable bonds is 6. The molecule has 152 valence electrons. The number of aryl methyl sites for hydroxylation is 1. The monoisotopic (exact) mass is 420 g/mol. The lowest BCUT2D eigenvalue weighted by Gasteiger charge is -2.24. The van der Waals surface area contributed by atoms with Crippen molar-refractivity contribution in [3.63, 3.8) is 0 Å². The van der Waals surface area contributed by atoms with Crippen molar-refractivity contribution in [2.24, 2.45) is 0 Å². The van der Waals surface area contributed by atoms with E-state index in [0.717, 1.165) is 17.7 Å². The highest BCUT2D eigenvalue weighted by atomic mass is 32.2. The van der Waals surface area contributed by atoms with Gasteiger partial charge in [-0.3, -0.25) is 4.98 Å². The molecular formula is C19H18F2N4O3S. The number of hydrogen-bond acceptors (Lipinski definition) is 6. The first-order valence-electron chi connectivity index (χ1n) is 9.15. The summed E-state index contributed by atoms with van der Waals surface area (Å²) >= 11 is 0. The van der Waals surface area contributed by atoms with Gasteiger partial charge in [-0.1, -0.05) is 5.16 Å². The Morgan fingerprint density at radius 3 is 2.72 bits per heavy atom. The van der Waals surface area contributed by atoms with Gasteiger partial charge in [0.05, 0.1) is 0 Å². The largest absolute Gasteiger partial charge is 0.334 e. The minimum absolute atomic E-state index is 0.290. The number of nitrogens with zero attached hydrogens (tertiary/aromatic N) is 4. The van der Waals surface area contributed by atoms with Gasteiger partial charge in [0.2, 0.25) is 10.0 Å². The maximum absolute atomic E-state index is 14.1. The Bertz CT molecular complexity index is 1110. The van der Waals surface area contributed by atoms with E-state index in [4.69, 9.17) is 4.52 Å². The topological polar surface area (TPSA) is 89.2 Å². The minimum Gasteiger partial charge on any atom is -0.334 e. The van der Waals surface area contributed by atoms with Crippen molar-refractivity contribution in [3.8, 4) is 11.5 Å². The van der Waals surface area contributed by atoms with Crippen LogP contribution in [0.1, 0.15) is 25.1 Å². The fourth-order valence-electron chi connectivity index (χ4n) is 3.49. The quantitative estimate of drug-likeness (QED) is 0.608. The lowest BCUT2D eigenvalue weighted by Crippen LogP contribution is -2.36. The normalized spacial score (nSPS) is 17.7. The third-order valence-corrected chi connectivity index (χ3v) is 6.89. The molecule has 4 rings (SSSR count). The summed E-state index contributed by atoms with van der Waals surface area (Å²) in [6.07, 6.45) is 5.44. The second-order valence-electron chi connectivity index (χ2n) is 6.78. The third-order valence-electron chi connectivity index (χ3n) is 4.90. The van der Waals surface area contributed by atoms with E-state index in [1.807, 2.05) is 0 Å². The standard InChI is InChI=1S/C19H18F2N4O3S/c20-14-3-5-17(16(21)12-14)29(26,27)25-11-1-2-15(25)4-6-18-23-19(28-24-18)13-7-9-22-10-8-13/h3,5,7-10,12,15H,1-2,4,6,11H2. The Morgan fingerprint density at radius 1 is 1.17 bits per heavy atom. The van der Waals surface area contributed by atoms with E-state index in [0.29, 0.717) is 50.0 Å². The molecule has 2 aromatic heterocycles. The molecular weight excluding hydrogens is 402 g/mol. The van der Waals surface area contributed by atoms with E-state index in [1.54, 1.807) is 24.5 Å². The molecule has 0 amide bonds. The van der Waals surface area contributed by atoms with Crippen LogP contribution < -0.4 is 0 Å². The van der Waals surface area contributed by atoms with Gasteiger partial charge in [-0.05, 0) is 43.5 Å². The van der Waals surface area contributed by atoms with Gasteiger partial charge in [-0.25, -0.2) is 17.2 Å². The Balaban J connectivity index is 1.47. The first-order chi connectivity index (χ1) is 13.9. The Labute approximate surface area is 166 Å². The van der Waals surface area contributed by atoms with Gasteiger partial charge in [-0.2, -0.15) is 9.29 Å². The zero-order valence-electron chi connectivity index (χ0n) is 15.3. The van der Waals surface area contributed by atoms with Crippen molar-refractivity contribution in [3.05, 3.63) is 60.2 Å². The highest BCUT2D eigenvalue weighted by molar-refractivity contribution is 7.89. The van der Waals surface area contributed by atoms with Crippen LogP contribution in [0, 0.1) is 11.6 Å². The fraction of sp³-hybridized carbons (Fsp3) is 0.316. The summed E-state index contributed by atoms with van der Waals surface area (Å²) in [5.74, 6) is -1.07. The first kappa shape index (κ1) is 19.6. The molecule has 1 atom stereocenters. The molecule has 10 heteroatoms. The van der Waals surface area contributed by atoms with Gasteiger partial charge >= 0.3 is 0 Å². The van der Waals surface area contributed by atoms with Crippen molar-refractivity contribution in [1.29, 1.82) is 0 Å². The zero-order valence-corrected chi connectivity index (χ0v) is 16.1. The molecule has 0 aliphatic carbocycles. The third kappa shape index (κ3) is 4.03. The Hall–Kier alpha value is -2.72. The number of hydrogen-bond donors (Lipinski definition) is 0. The van der Waals surface area contributed by atoms with Crippen molar-refractivity contribution >= 4 is 10.0 Å². The predicted octanol–water partition coefficient (Wildman–Crippen LogP) is 3.20. The predicted molar refractivity (Wildman–Crippen MR) is 99.1 cm³/mol. The molecule has 0 N–H and O–H groups in total. The van der Waals surface area contributed by atoms with Crippen molar-refractivity contribution in [2.45, 2.75) is 36.6 Å². The molecule has 3 heterocycles. The lowest BCUT2D eigenvalue weighted by atomic mass is 10.1. The molecule has 0 radical (unpaired) electrons. The van der Waals surface area contributed by atoms with E-state index >= 15 is 0 Å². The number of aromatic nitrogens is 3. The molecule has 0 bridgehead atoms. The van der Waals surface area contributed by atoms with Crippen LogP contribution in [0.2, 0.25) is 0 Å². The average Bonchev–Trinajstić information content (AvgIpc) is 3.36. The summed E-state index contributed by atoms with van der Waals surface area (Å²) in [5.41, 5.74) is 0.746. The van der Waals surface area contributed by atoms with Gasteiger partial charge in [-0.15, -0.1) is 0 Å². The first-order valence-corrected chi connectivity index (χ1v) is 10.6. The van der Waals surface area contributed by atoms with Gasteiger partial charge < -0.3 is 4.52 Å². The molecule has 1 fully saturated rings. The molecule has 1 unspecified atom stereocenters. The fourth-order valence-corrected chi connectivity index (χ4v) is 5.26. The highest BCUT2D eigenvalue weighted by Crippen LogP contribution is 2.30. The molecule has 1 aromatic carbocycles. The maximum atomic E-state index is 14.1. The summed E-state index contributed by atoms with van der Waals surface area (Å²) < 4.78 is 59.5.